The first-order chi connectivity index (χ1) is 14.2. The van der Waals surface area contributed by atoms with Gasteiger partial charge in [-0.2, -0.15) is 0 Å². The van der Waals surface area contributed by atoms with Crippen LogP contribution in [0.25, 0.3) is 10.6 Å². The normalized spacial score (nSPS) is 15.7. The third-order valence-electron chi connectivity index (χ3n) is 5.47. The Balaban J connectivity index is 1.30. The van der Waals surface area contributed by atoms with Crippen LogP contribution >= 0.6 is 11.3 Å². The Bertz CT molecular complexity index is 1070. The molecule has 1 saturated carbocycles. The van der Waals surface area contributed by atoms with Crippen molar-refractivity contribution in [2.75, 3.05) is 11.9 Å². The molecule has 1 aliphatic carbocycles. The summed E-state index contributed by atoms with van der Waals surface area (Å²) in [4.78, 5) is 31.5. The Morgan fingerprint density at radius 1 is 1.07 bits per heavy atom. The Labute approximate surface area is 173 Å². The lowest BCUT2D eigenvalue weighted by Crippen LogP contribution is -2.36. The summed E-state index contributed by atoms with van der Waals surface area (Å²) in [5, 5.41) is 5.57. The van der Waals surface area contributed by atoms with Crippen molar-refractivity contribution >= 4 is 28.8 Å². The molecule has 29 heavy (non-hydrogen) atoms. The first-order valence-corrected chi connectivity index (χ1v) is 10.8. The number of nitrogens with zero attached hydrogens (tertiary/aromatic N) is 2. The van der Waals surface area contributed by atoms with Gasteiger partial charge in [0.25, 0.3) is 5.91 Å². The fraction of sp³-hybridized carbons (Fsp3) is 0.261. The van der Waals surface area contributed by atoms with Gasteiger partial charge in [-0.25, -0.2) is 4.98 Å². The van der Waals surface area contributed by atoms with E-state index in [-0.39, 0.29) is 17.7 Å². The van der Waals surface area contributed by atoms with Gasteiger partial charge in [-0.1, -0.05) is 36.4 Å². The molecule has 0 spiro atoms. The molecule has 5 nitrogen and oxygen atoms in total. The van der Waals surface area contributed by atoms with E-state index in [0.717, 1.165) is 47.6 Å². The average molecular weight is 404 g/mol. The maximum absolute atomic E-state index is 12.7. The molecule has 0 unspecified atom stereocenters. The van der Waals surface area contributed by atoms with E-state index in [2.05, 4.69) is 16.4 Å². The highest BCUT2D eigenvalue weighted by Gasteiger charge is 2.34. The van der Waals surface area contributed by atoms with Crippen molar-refractivity contribution in [3.8, 4) is 10.6 Å². The molecule has 6 heteroatoms. The van der Waals surface area contributed by atoms with Gasteiger partial charge < -0.3 is 10.2 Å². The van der Waals surface area contributed by atoms with Crippen molar-refractivity contribution in [3.05, 3.63) is 70.7 Å². The van der Waals surface area contributed by atoms with Crippen LogP contribution in [0.15, 0.2) is 53.9 Å². The Hall–Kier alpha value is -2.99. The second-order valence-electron chi connectivity index (χ2n) is 7.63. The lowest BCUT2D eigenvalue weighted by molar-refractivity contribution is -0.133. The molecular formula is C23H21N3O2S. The number of carbonyl (C=O) groups is 2. The van der Waals surface area contributed by atoms with Crippen molar-refractivity contribution < 1.29 is 9.59 Å². The van der Waals surface area contributed by atoms with Gasteiger partial charge in [0.05, 0.1) is 0 Å². The minimum atomic E-state index is -0.217. The van der Waals surface area contributed by atoms with Crippen molar-refractivity contribution in [1.82, 2.24) is 9.88 Å². The molecule has 2 aromatic carbocycles. The van der Waals surface area contributed by atoms with Crippen LogP contribution in [0.1, 0.15) is 34.5 Å². The van der Waals surface area contributed by atoms with Crippen molar-refractivity contribution in [3.63, 3.8) is 0 Å². The van der Waals surface area contributed by atoms with E-state index in [1.165, 1.54) is 16.9 Å². The molecular weight excluding hydrogens is 382 g/mol. The summed E-state index contributed by atoms with van der Waals surface area (Å²) >= 11 is 1.46. The maximum Gasteiger partial charge on any atom is 0.275 e. The maximum atomic E-state index is 12.7. The molecule has 1 N–H and O–H groups in total. The number of fused-ring (bicyclic) bond motifs is 1. The minimum absolute atomic E-state index is 0.217. The first-order valence-electron chi connectivity index (χ1n) is 9.90. The van der Waals surface area contributed by atoms with E-state index in [9.17, 15) is 9.59 Å². The average Bonchev–Trinajstić information content (AvgIpc) is 3.49. The van der Waals surface area contributed by atoms with Gasteiger partial charge in [0.1, 0.15) is 10.7 Å². The summed E-state index contributed by atoms with van der Waals surface area (Å²) in [7, 11) is 0. The van der Waals surface area contributed by atoms with Crippen LogP contribution in [-0.4, -0.2) is 28.2 Å². The number of anilines is 1. The van der Waals surface area contributed by atoms with E-state index in [1.54, 1.807) is 5.38 Å². The zero-order chi connectivity index (χ0) is 19.8. The summed E-state index contributed by atoms with van der Waals surface area (Å²) in [6, 6.07) is 15.8. The number of thiazole rings is 1. The van der Waals surface area contributed by atoms with Crippen LogP contribution in [0.5, 0.6) is 0 Å². The topological polar surface area (TPSA) is 62.3 Å². The lowest BCUT2D eigenvalue weighted by Gasteiger charge is -2.29. The number of hydrogen-bond acceptors (Lipinski definition) is 4. The summed E-state index contributed by atoms with van der Waals surface area (Å²) in [6.07, 6.45) is 2.92. The third-order valence-corrected chi connectivity index (χ3v) is 6.36. The zero-order valence-electron chi connectivity index (χ0n) is 15.9. The number of aromatic nitrogens is 1. The van der Waals surface area contributed by atoms with E-state index >= 15 is 0 Å². The third kappa shape index (κ3) is 3.80. The van der Waals surface area contributed by atoms with Crippen LogP contribution in [0.3, 0.4) is 0 Å². The predicted molar refractivity (Wildman–Crippen MR) is 114 cm³/mol. The molecule has 2 aliphatic rings. The monoisotopic (exact) mass is 403 g/mol. The molecule has 1 fully saturated rings. The fourth-order valence-electron chi connectivity index (χ4n) is 3.70. The molecule has 2 heterocycles. The number of amides is 2. The Morgan fingerprint density at radius 2 is 1.90 bits per heavy atom. The molecule has 2 amide bonds. The summed E-state index contributed by atoms with van der Waals surface area (Å²) in [6.45, 7) is 1.42. The van der Waals surface area contributed by atoms with Gasteiger partial charge in [-0.3, -0.25) is 9.59 Å². The van der Waals surface area contributed by atoms with Crippen molar-refractivity contribution in [2.24, 2.45) is 5.92 Å². The minimum Gasteiger partial charge on any atom is -0.338 e. The van der Waals surface area contributed by atoms with E-state index in [0.29, 0.717) is 12.2 Å². The molecule has 1 aromatic heterocycles. The summed E-state index contributed by atoms with van der Waals surface area (Å²) in [5.74, 6) is 0.300. The largest absolute Gasteiger partial charge is 0.338 e. The molecule has 146 valence electrons. The quantitative estimate of drug-likeness (QED) is 0.704. The van der Waals surface area contributed by atoms with Gasteiger partial charge in [0.2, 0.25) is 5.91 Å². The standard InChI is InChI=1S/C23H21N3O2S/c27-21(20-14-29-22(25-20)16-4-2-1-3-5-16)24-19-9-8-15-10-11-26(13-18(15)12-19)23(28)17-6-7-17/h1-5,8-9,12,14,17H,6-7,10-11,13H2,(H,24,27). The second-order valence-corrected chi connectivity index (χ2v) is 8.48. The Morgan fingerprint density at radius 3 is 2.69 bits per heavy atom. The molecule has 0 atom stereocenters. The van der Waals surface area contributed by atoms with Crippen LogP contribution in [0.4, 0.5) is 5.69 Å². The molecule has 0 radical (unpaired) electrons. The summed E-state index contributed by atoms with van der Waals surface area (Å²) < 4.78 is 0. The van der Waals surface area contributed by atoms with Crippen LogP contribution < -0.4 is 5.32 Å². The van der Waals surface area contributed by atoms with Crippen LogP contribution in [0.2, 0.25) is 0 Å². The van der Waals surface area contributed by atoms with E-state index in [1.807, 2.05) is 47.4 Å². The number of benzene rings is 2. The zero-order valence-corrected chi connectivity index (χ0v) is 16.7. The van der Waals surface area contributed by atoms with Crippen molar-refractivity contribution in [1.29, 1.82) is 0 Å². The number of carbonyl (C=O) groups excluding carboxylic acids is 2. The summed E-state index contributed by atoms with van der Waals surface area (Å²) in [5.41, 5.74) is 4.53. The van der Waals surface area contributed by atoms with E-state index in [4.69, 9.17) is 0 Å². The lowest BCUT2D eigenvalue weighted by atomic mass is 9.98. The fourth-order valence-corrected chi connectivity index (χ4v) is 4.50. The van der Waals surface area contributed by atoms with Gasteiger partial charge >= 0.3 is 0 Å². The molecule has 1 aliphatic heterocycles. The van der Waals surface area contributed by atoms with Crippen LogP contribution in [0, 0.1) is 5.92 Å². The number of hydrogen-bond donors (Lipinski definition) is 1. The molecule has 3 aromatic rings. The number of nitrogens with one attached hydrogen (secondary N) is 1. The smallest absolute Gasteiger partial charge is 0.275 e. The highest BCUT2D eigenvalue weighted by Crippen LogP contribution is 2.33. The molecule has 0 saturated heterocycles. The van der Waals surface area contributed by atoms with E-state index < -0.39 is 0 Å². The highest BCUT2D eigenvalue weighted by atomic mass is 32.1. The van der Waals surface area contributed by atoms with Gasteiger partial charge in [0, 0.05) is 35.6 Å². The SMILES string of the molecule is O=C(Nc1ccc2c(c1)CN(C(=O)C1CC1)CC2)c1csc(-c2ccccc2)n1. The second kappa shape index (κ2) is 7.44. The molecule has 0 bridgehead atoms. The van der Waals surface area contributed by atoms with Crippen LogP contribution in [-0.2, 0) is 17.8 Å². The predicted octanol–water partition coefficient (Wildman–Crippen LogP) is 4.36. The number of rotatable bonds is 4. The van der Waals surface area contributed by atoms with Gasteiger partial charge in [-0.05, 0) is 42.5 Å². The van der Waals surface area contributed by atoms with Crippen molar-refractivity contribution in [2.45, 2.75) is 25.8 Å². The van der Waals surface area contributed by atoms with Gasteiger partial charge in [-0.15, -0.1) is 11.3 Å². The highest BCUT2D eigenvalue weighted by molar-refractivity contribution is 7.13. The Kier molecular flexibility index (Phi) is 4.64. The first kappa shape index (κ1) is 18.1. The molecule has 5 rings (SSSR count). The van der Waals surface area contributed by atoms with Gasteiger partial charge in [0.15, 0.2) is 0 Å².